The van der Waals surface area contributed by atoms with Crippen molar-refractivity contribution in [2.45, 2.75) is 12.5 Å². The third-order valence-corrected chi connectivity index (χ3v) is 4.47. The molecule has 132 valence electrons. The fourth-order valence-corrected chi connectivity index (χ4v) is 3.18. The topological polar surface area (TPSA) is 71.8 Å². The first kappa shape index (κ1) is 16.2. The molecule has 26 heavy (non-hydrogen) atoms. The van der Waals surface area contributed by atoms with Crippen LogP contribution in [-0.4, -0.2) is 31.5 Å². The monoisotopic (exact) mass is 350 g/mol. The molecule has 1 N–H and O–H groups in total. The minimum atomic E-state index is -0.313. The molecular formula is C20H18N2O4. The zero-order valence-corrected chi connectivity index (χ0v) is 14.3. The number of nitrogens with one attached hydrogen (secondary N) is 1. The SMILES string of the molecule is COc1cccc(N2C[C@H](NC(=O)c3cc4ccccc4o3)CC2=O)c1. The lowest BCUT2D eigenvalue weighted by molar-refractivity contribution is -0.117. The number of anilines is 1. The van der Waals surface area contributed by atoms with Crippen LogP contribution in [-0.2, 0) is 4.79 Å². The van der Waals surface area contributed by atoms with Gasteiger partial charge in [0, 0.05) is 30.1 Å². The van der Waals surface area contributed by atoms with Crippen molar-refractivity contribution in [3.05, 3.63) is 60.4 Å². The van der Waals surface area contributed by atoms with Crippen molar-refractivity contribution >= 4 is 28.5 Å². The zero-order valence-electron chi connectivity index (χ0n) is 14.3. The Labute approximate surface area is 150 Å². The molecule has 6 nitrogen and oxygen atoms in total. The molecule has 2 aromatic carbocycles. The Balaban J connectivity index is 1.47. The zero-order chi connectivity index (χ0) is 18.1. The Morgan fingerprint density at radius 2 is 2.04 bits per heavy atom. The van der Waals surface area contributed by atoms with Crippen molar-refractivity contribution in [1.82, 2.24) is 5.32 Å². The molecule has 0 spiro atoms. The number of rotatable bonds is 4. The predicted octanol–water partition coefficient (Wildman–Crippen LogP) is 2.98. The molecule has 1 fully saturated rings. The highest BCUT2D eigenvalue weighted by Gasteiger charge is 2.32. The Morgan fingerprint density at radius 1 is 1.19 bits per heavy atom. The van der Waals surface area contributed by atoms with Crippen LogP contribution in [0.25, 0.3) is 11.0 Å². The van der Waals surface area contributed by atoms with Crippen molar-refractivity contribution in [3.63, 3.8) is 0 Å². The second kappa shape index (κ2) is 6.55. The number of fused-ring (bicyclic) bond motifs is 1. The van der Waals surface area contributed by atoms with Crippen LogP contribution >= 0.6 is 0 Å². The second-order valence-electron chi connectivity index (χ2n) is 6.23. The highest BCUT2D eigenvalue weighted by Crippen LogP contribution is 2.26. The third kappa shape index (κ3) is 3.01. The Kier molecular flexibility index (Phi) is 4.08. The average Bonchev–Trinajstić information content (AvgIpc) is 3.25. The molecule has 2 heterocycles. The van der Waals surface area contributed by atoms with E-state index in [0.29, 0.717) is 17.9 Å². The van der Waals surface area contributed by atoms with Crippen LogP contribution in [0.4, 0.5) is 5.69 Å². The molecule has 6 heteroatoms. The fraction of sp³-hybridized carbons (Fsp3) is 0.200. The number of hydrogen-bond acceptors (Lipinski definition) is 4. The van der Waals surface area contributed by atoms with E-state index < -0.39 is 0 Å². The first-order valence-electron chi connectivity index (χ1n) is 8.38. The van der Waals surface area contributed by atoms with Crippen molar-refractivity contribution in [2.24, 2.45) is 0 Å². The smallest absolute Gasteiger partial charge is 0.287 e. The summed E-state index contributed by atoms with van der Waals surface area (Å²) in [6, 6.07) is 16.2. The molecule has 0 radical (unpaired) electrons. The number of methoxy groups -OCH3 is 1. The molecule has 0 bridgehead atoms. The number of benzene rings is 2. The molecule has 4 rings (SSSR count). The number of carbonyl (C=O) groups is 2. The summed E-state index contributed by atoms with van der Waals surface area (Å²) in [5, 5.41) is 3.76. The summed E-state index contributed by atoms with van der Waals surface area (Å²) < 4.78 is 10.8. The van der Waals surface area contributed by atoms with Gasteiger partial charge >= 0.3 is 0 Å². The summed E-state index contributed by atoms with van der Waals surface area (Å²) in [5.41, 5.74) is 1.42. The minimum absolute atomic E-state index is 0.0341. The highest BCUT2D eigenvalue weighted by molar-refractivity contribution is 5.99. The lowest BCUT2D eigenvalue weighted by Crippen LogP contribution is -2.37. The lowest BCUT2D eigenvalue weighted by Gasteiger charge is -2.17. The standard InChI is InChI=1S/C20H18N2O4/c1-25-16-7-4-6-15(11-16)22-12-14(10-19(22)23)21-20(24)18-9-13-5-2-3-8-17(13)26-18/h2-9,11,14H,10,12H2,1H3,(H,21,24)/t14-/m1/s1. The van der Waals surface area contributed by atoms with Gasteiger partial charge in [-0.15, -0.1) is 0 Å². The van der Waals surface area contributed by atoms with Crippen molar-refractivity contribution in [3.8, 4) is 5.75 Å². The number of carbonyl (C=O) groups excluding carboxylic acids is 2. The number of para-hydroxylation sites is 1. The summed E-state index contributed by atoms with van der Waals surface area (Å²) in [6.07, 6.45) is 0.253. The van der Waals surface area contributed by atoms with Crippen LogP contribution < -0.4 is 15.0 Å². The second-order valence-corrected chi connectivity index (χ2v) is 6.23. The van der Waals surface area contributed by atoms with Gasteiger partial charge in [0.1, 0.15) is 11.3 Å². The maximum Gasteiger partial charge on any atom is 0.287 e. The molecule has 0 aliphatic carbocycles. The first-order valence-corrected chi connectivity index (χ1v) is 8.38. The predicted molar refractivity (Wildman–Crippen MR) is 97.4 cm³/mol. The normalized spacial score (nSPS) is 16.9. The number of hydrogen-bond donors (Lipinski definition) is 1. The van der Waals surface area contributed by atoms with Gasteiger partial charge in [-0.05, 0) is 24.3 Å². The van der Waals surface area contributed by atoms with Gasteiger partial charge in [0.15, 0.2) is 5.76 Å². The van der Waals surface area contributed by atoms with Crippen molar-refractivity contribution in [2.75, 3.05) is 18.6 Å². The van der Waals surface area contributed by atoms with Gasteiger partial charge in [0.05, 0.1) is 13.2 Å². The van der Waals surface area contributed by atoms with Crippen LogP contribution in [0.2, 0.25) is 0 Å². The molecule has 1 aromatic heterocycles. The number of nitrogens with zero attached hydrogens (tertiary/aromatic N) is 1. The maximum absolute atomic E-state index is 12.5. The number of ether oxygens (including phenoxy) is 1. The average molecular weight is 350 g/mol. The molecule has 1 atom stereocenters. The molecule has 1 aliphatic heterocycles. The van der Waals surface area contributed by atoms with E-state index in [4.69, 9.17) is 9.15 Å². The van der Waals surface area contributed by atoms with Crippen LogP contribution in [0, 0.1) is 0 Å². The quantitative estimate of drug-likeness (QED) is 0.785. The van der Waals surface area contributed by atoms with E-state index in [0.717, 1.165) is 11.1 Å². The molecule has 2 amide bonds. The number of furan rings is 1. The van der Waals surface area contributed by atoms with Crippen LogP contribution in [0.5, 0.6) is 5.75 Å². The summed E-state index contributed by atoms with van der Waals surface area (Å²) in [6.45, 7) is 0.415. The van der Waals surface area contributed by atoms with E-state index in [1.165, 1.54) is 0 Å². The van der Waals surface area contributed by atoms with Crippen molar-refractivity contribution < 1.29 is 18.7 Å². The molecule has 0 saturated carbocycles. The molecule has 1 saturated heterocycles. The van der Waals surface area contributed by atoms with Gasteiger partial charge in [-0.3, -0.25) is 9.59 Å². The first-order chi connectivity index (χ1) is 12.6. The Morgan fingerprint density at radius 3 is 2.85 bits per heavy atom. The van der Waals surface area contributed by atoms with Gasteiger partial charge in [-0.1, -0.05) is 24.3 Å². The van der Waals surface area contributed by atoms with Gasteiger partial charge < -0.3 is 19.4 Å². The maximum atomic E-state index is 12.5. The van der Waals surface area contributed by atoms with Crippen LogP contribution in [0.15, 0.2) is 59.0 Å². The minimum Gasteiger partial charge on any atom is -0.497 e. The largest absolute Gasteiger partial charge is 0.497 e. The summed E-state index contributed by atoms with van der Waals surface area (Å²) in [4.78, 5) is 26.5. The summed E-state index contributed by atoms with van der Waals surface area (Å²) in [5.74, 6) is 0.586. The lowest BCUT2D eigenvalue weighted by atomic mass is 10.2. The van der Waals surface area contributed by atoms with Crippen molar-refractivity contribution in [1.29, 1.82) is 0 Å². The van der Waals surface area contributed by atoms with E-state index >= 15 is 0 Å². The van der Waals surface area contributed by atoms with E-state index in [-0.39, 0.29) is 30.0 Å². The van der Waals surface area contributed by atoms with Crippen LogP contribution in [0.3, 0.4) is 0 Å². The van der Waals surface area contributed by atoms with E-state index in [1.807, 2.05) is 42.5 Å². The molecule has 1 aliphatic rings. The summed E-state index contributed by atoms with van der Waals surface area (Å²) in [7, 11) is 1.58. The van der Waals surface area contributed by atoms with E-state index in [1.54, 1.807) is 24.1 Å². The summed E-state index contributed by atoms with van der Waals surface area (Å²) >= 11 is 0. The van der Waals surface area contributed by atoms with E-state index in [2.05, 4.69) is 5.32 Å². The molecule has 0 unspecified atom stereocenters. The van der Waals surface area contributed by atoms with Gasteiger partial charge in [0.25, 0.3) is 5.91 Å². The Hall–Kier alpha value is -3.28. The van der Waals surface area contributed by atoms with Gasteiger partial charge in [0.2, 0.25) is 5.91 Å². The van der Waals surface area contributed by atoms with Gasteiger partial charge in [-0.2, -0.15) is 0 Å². The fourth-order valence-electron chi connectivity index (χ4n) is 3.18. The third-order valence-electron chi connectivity index (χ3n) is 4.47. The van der Waals surface area contributed by atoms with E-state index in [9.17, 15) is 9.59 Å². The van der Waals surface area contributed by atoms with Gasteiger partial charge in [-0.25, -0.2) is 0 Å². The molecular weight excluding hydrogens is 332 g/mol. The Bertz CT molecular complexity index is 946. The molecule has 3 aromatic rings. The highest BCUT2D eigenvalue weighted by atomic mass is 16.5. The van der Waals surface area contributed by atoms with Crippen LogP contribution in [0.1, 0.15) is 17.0 Å². The number of amides is 2.